The number of benzene rings is 3. The first-order chi connectivity index (χ1) is 18.5. The molecule has 0 aliphatic carbocycles. The molecule has 2 aliphatic heterocycles. The summed E-state index contributed by atoms with van der Waals surface area (Å²) in [7, 11) is 3.03. The molecule has 0 unspecified atom stereocenters. The summed E-state index contributed by atoms with van der Waals surface area (Å²) in [6, 6.07) is 11.0. The molecule has 0 spiro atoms. The van der Waals surface area contributed by atoms with Crippen LogP contribution < -0.4 is 25.1 Å². The van der Waals surface area contributed by atoms with Crippen LogP contribution in [-0.4, -0.2) is 32.2 Å². The van der Waals surface area contributed by atoms with Crippen LogP contribution in [0.3, 0.4) is 0 Å². The third-order valence-electron chi connectivity index (χ3n) is 6.65. The van der Waals surface area contributed by atoms with Crippen LogP contribution in [-0.2, 0) is 12.8 Å². The minimum Gasteiger partial charge on any atom is -0.494 e. The van der Waals surface area contributed by atoms with Crippen molar-refractivity contribution < 1.29 is 19.2 Å². The molecule has 0 fully saturated rings. The van der Waals surface area contributed by atoms with Gasteiger partial charge in [-0.3, -0.25) is 10.1 Å². The molecule has 2 aliphatic rings. The molecule has 196 valence electrons. The maximum Gasteiger partial charge on any atom is 0.269 e. The second-order valence-corrected chi connectivity index (χ2v) is 8.89. The average Bonchev–Trinajstić information content (AvgIpc) is 2.95. The highest BCUT2D eigenvalue weighted by Crippen LogP contribution is 2.47. The number of rotatable bonds is 8. The molecule has 12 heteroatoms. The van der Waals surface area contributed by atoms with E-state index < -0.39 is 4.92 Å². The van der Waals surface area contributed by atoms with Gasteiger partial charge in [-0.25, -0.2) is 0 Å². The summed E-state index contributed by atoms with van der Waals surface area (Å²) < 4.78 is 11.0. The Morgan fingerprint density at radius 2 is 1.47 bits per heavy atom. The highest BCUT2D eigenvalue weighted by molar-refractivity contribution is 5.74. The van der Waals surface area contributed by atoms with Crippen molar-refractivity contribution in [1.29, 1.82) is 0 Å². The number of azo groups is 2. The number of methoxy groups -OCH3 is 2. The zero-order chi connectivity index (χ0) is 26.6. The topological polar surface area (TPSA) is 150 Å². The number of hydrogen-bond donors (Lipinski definition) is 1. The smallest absolute Gasteiger partial charge is 0.269 e. The Morgan fingerprint density at radius 1 is 0.868 bits per heavy atom. The first kappa shape index (κ1) is 25.1. The van der Waals surface area contributed by atoms with Gasteiger partial charge in [0.15, 0.2) is 5.75 Å². The minimum atomic E-state index is -0.473. The van der Waals surface area contributed by atoms with E-state index in [4.69, 9.17) is 20.2 Å². The van der Waals surface area contributed by atoms with Crippen LogP contribution in [0.25, 0.3) is 0 Å². The van der Waals surface area contributed by atoms with E-state index in [9.17, 15) is 10.1 Å². The largest absolute Gasteiger partial charge is 0.494 e. The average molecular weight is 518 g/mol. The van der Waals surface area contributed by atoms with Gasteiger partial charge in [0.25, 0.3) is 5.69 Å². The first-order valence-electron chi connectivity index (χ1n) is 12.2. The number of anilines is 1. The number of non-ortho nitro benzene ring substituents is 1. The van der Waals surface area contributed by atoms with Gasteiger partial charge in [-0.05, 0) is 49.4 Å². The van der Waals surface area contributed by atoms with E-state index in [1.54, 1.807) is 12.1 Å². The molecule has 0 amide bonds. The molecule has 0 saturated heterocycles. The zero-order valence-electron chi connectivity index (χ0n) is 21.1. The highest BCUT2D eigenvalue weighted by Gasteiger charge is 2.28. The summed E-state index contributed by atoms with van der Waals surface area (Å²) in [6.07, 6.45) is 3.97. The molecule has 3 aromatic carbocycles. The van der Waals surface area contributed by atoms with Crippen molar-refractivity contribution in [2.45, 2.75) is 25.7 Å². The molecule has 0 saturated carbocycles. The van der Waals surface area contributed by atoms with Crippen molar-refractivity contribution in [1.82, 2.24) is 0 Å². The lowest BCUT2D eigenvalue weighted by atomic mass is 9.90. The van der Waals surface area contributed by atoms with Crippen molar-refractivity contribution in [3.8, 4) is 17.2 Å². The lowest BCUT2D eigenvalue weighted by molar-refractivity contribution is -0.384. The van der Waals surface area contributed by atoms with Crippen molar-refractivity contribution >= 4 is 34.1 Å². The third kappa shape index (κ3) is 4.85. The monoisotopic (exact) mass is 517 g/mol. The molecule has 2 heterocycles. The molecular weight excluding hydrogens is 490 g/mol. The summed E-state index contributed by atoms with van der Waals surface area (Å²) >= 11 is 0. The second-order valence-electron chi connectivity index (χ2n) is 8.89. The third-order valence-corrected chi connectivity index (χ3v) is 6.65. The minimum absolute atomic E-state index is 0.0263. The first-order valence-corrected chi connectivity index (χ1v) is 12.2. The van der Waals surface area contributed by atoms with E-state index in [-0.39, 0.29) is 5.69 Å². The molecule has 0 atom stereocenters. The number of aryl methyl sites for hydroxylation is 1. The van der Waals surface area contributed by atoms with Gasteiger partial charge < -0.3 is 19.2 Å². The summed E-state index contributed by atoms with van der Waals surface area (Å²) in [5, 5.41) is 28.2. The standard InChI is InChI=1S/C26H27N7O5/c1-36-23-15-21(24(37-2)14-20(23)29-28-17-7-9-18(10-8-17)33(34)35)30-31-22-13-16-5-3-11-32-12-4-6-19(25(16)32)26(22)38-27/h7-10,13-15H,3-6,11-12,27H2,1-2H3. The van der Waals surface area contributed by atoms with Crippen LogP contribution >= 0.6 is 0 Å². The lowest BCUT2D eigenvalue weighted by Crippen LogP contribution is -2.34. The summed E-state index contributed by atoms with van der Waals surface area (Å²) in [5.41, 5.74) is 5.34. The number of nitro benzene ring substituents is 1. The SMILES string of the molecule is COc1cc(N=Nc2cc3c4c(c2ON)CCCN4CCC3)c(OC)cc1N=Nc1ccc([N+](=O)[O-])cc1. The van der Waals surface area contributed by atoms with E-state index in [1.165, 1.54) is 49.7 Å². The molecule has 0 aromatic heterocycles. The molecule has 38 heavy (non-hydrogen) atoms. The van der Waals surface area contributed by atoms with Gasteiger partial charge in [-0.15, -0.1) is 15.3 Å². The van der Waals surface area contributed by atoms with Crippen LogP contribution in [0.4, 0.5) is 34.1 Å². The van der Waals surface area contributed by atoms with Crippen molar-refractivity contribution in [3.05, 3.63) is 63.7 Å². The predicted octanol–water partition coefficient (Wildman–Crippen LogP) is 6.39. The Kier molecular flexibility index (Phi) is 7.13. The Morgan fingerprint density at radius 3 is 2.08 bits per heavy atom. The molecule has 2 N–H and O–H groups in total. The van der Waals surface area contributed by atoms with E-state index >= 15 is 0 Å². The fourth-order valence-electron chi connectivity index (χ4n) is 4.90. The van der Waals surface area contributed by atoms with Crippen LogP contribution in [0.15, 0.2) is 62.9 Å². The van der Waals surface area contributed by atoms with E-state index in [0.29, 0.717) is 40.0 Å². The maximum absolute atomic E-state index is 10.9. The van der Waals surface area contributed by atoms with Crippen LogP contribution in [0.1, 0.15) is 24.0 Å². The Bertz CT molecular complexity index is 1420. The van der Waals surface area contributed by atoms with Gasteiger partial charge in [-0.2, -0.15) is 11.0 Å². The fourth-order valence-corrected chi connectivity index (χ4v) is 4.90. The van der Waals surface area contributed by atoms with Crippen molar-refractivity contribution in [2.24, 2.45) is 26.4 Å². The van der Waals surface area contributed by atoms with Gasteiger partial charge >= 0.3 is 0 Å². The normalized spacial score (nSPS) is 14.6. The quantitative estimate of drug-likeness (QED) is 0.206. The summed E-state index contributed by atoms with van der Waals surface area (Å²) in [5.74, 6) is 7.05. The Hall–Kier alpha value is -4.58. The van der Waals surface area contributed by atoms with Crippen LogP contribution in [0, 0.1) is 10.1 Å². The molecule has 3 aromatic rings. The maximum atomic E-state index is 10.9. The van der Waals surface area contributed by atoms with Gasteiger partial charge in [0.1, 0.15) is 28.6 Å². The second kappa shape index (κ2) is 10.8. The molecule has 0 bridgehead atoms. The van der Waals surface area contributed by atoms with E-state index in [0.717, 1.165) is 44.3 Å². The lowest BCUT2D eigenvalue weighted by Gasteiger charge is -2.37. The zero-order valence-corrected chi connectivity index (χ0v) is 21.1. The summed E-state index contributed by atoms with van der Waals surface area (Å²) in [4.78, 5) is 18.1. The van der Waals surface area contributed by atoms with Crippen molar-refractivity contribution in [2.75, 3.05) is 32.2 Å². The number of nitrogens with zero attached hydrogens (tertiary/aromatic N) is 6. The van der Waals surface area contributed by atoms with E-state index in [1.807, 2.05) is 6.07 Å². The molecule has 12 nitrogen and oxygen atoms in total. The van der Waals surface area contributed by atoms with Crippen molar-refractivity contribution in [3.63, 3.8) is 0 Å². The number of hydrogen-bond acceptors (Lipinski definition) is 11. The molecular formula is C26H27N7O5. The van der Waals surface area contributed by atoms with Gasteiger partial charge in [-0.1, -0.05) is 0 Å². The van der Waals surface area contributed by atoms with E-state index in [2.05, 4.69) is 25.4 Å². The van der Waals surface area contributed by atoms with Crippen LogP contribution in [0.2, 0.25) is 0 Å². The van der Waals surface area contributed by atoms with Gasteiger partial charge in [0, 0.05) is 48.6 Å². The fraction of sp³-hybridized carbons (Fsp3) is 0.308. The Labute approximate surface area is 218 Å². The summed E-state index contributed by atoms with van der Waals surface area (Å²) in [6.45, 7) is 2.07. The Balaban J connectivity index is 1.47. The predicted molar refractivity (Wildman–Crippen MR) is 141 cm³/mol. The van der Waals surface area contributed by atoms with Gasteiger partial charge in [0.2, 0.25) is 0 Å². The number of ether oxygens (including phenoxy) is 2. The van der Waals surface area contributed by atoms with Crippen LogP contribution in [0.5, 0.6) is 17.2 Å². The number of nitrogens with two attached hydrogens (primary N) is 1. The highest BCUT2D eigenvalue weighted by atomic mass is 16.6. The van der Waals surface area contributed by atoms with Gasteiger partial charge in [0.05, 0.1) is 24.8 Å². The molecule has 0 radical (unpaired) electrons. The molecule has 5 rings (SSSR count). The number of nitro groups is 1.